The molecule has 1 aromatic heterocycles. The first-order valence-electron chi connectivity index (χ1n) is 6.27. The van der Waals surface area contributed by atoms with Crippen molar-refractivity contribution in [3.8, 4) is 0 Å². The summed E-state index contributed by atoms with van der Waals surface area (Å²) in [4.78, 5) is 6.17. The van der Waals surface area contributed by atoms with Gasteiger partial charge in [0.15, 0.2) is 0 Å². The molecule has 2 rings (SSSR count). The summed E-state index contributed by atoms with van der Waals surface area (Å²) >= 11 is 6.13. The van der Waals surface area contributed by atoms with E-state index in [4.69, 9.17) is 17.4 Å². The van der Waals surface area contributed by atoms with Crippen LogP contribution in [0.25, 0.3) is 0 Å². The molecule has 106 valence electrons. The second-order valence-corrected chi connectivity index (χ2v) is 4.64. The number of aromatic nitrogens is 1. The zero-order valence-corrected chi connectivity index (χ0v) is 11.9. The van der Waals surface area contributed by atoms with Gasteiger partial charge in [0.1, 0.15) is 11.6 Å². The summed E-state index contributed by atoms with van der Waals surface area (Å²) < 4.78 is 13.8. The number of nitrogens with zero attached hydrogens (tertiary/aromatic N) is 2. The fourth-order valence-corrected chi connectivity index (χ4v) is 2.10. The van der Waals surface area contributed by atoms with Crippen LogP contribution in [0.2, 0.25) is 5.02 Å². The Bertz CT molecular complexity index is 591. The highest BCUT2D eigenvalue weighted by molar-refractivity contribution is 6.31. The molecular weight excluding hydrogens is 279 g/mol. The van der Waals surface area contributed by atoms with Crippen LogP contribution in [-0.2, 0) is 6.54 Å². The van der Waals surface area contributed by atoms with Crippen molar-refractivity contribution in [3.63, 3.8) is 0 Å². The predicted octanol–water partition coefficient (Wildman–Crippen LogP) is 3.19. The van der Waals surface area contributed by atoms with Crippen molar-refractivity contribution in [1.29, 1.82) is 0 Å². The van der Waals surface area contributed by atoms with Crippen molar-refractivity contribution in [3.05, 3.63) is 52.9 Å². The van der Waals surface area contributed by atoms with Gasteiger partial charge in [0, 0.05) is 6.54 Å². The molecule has 1 aromatic carbocycles. The SMILES string of the molecule is CCN(Cc1nc(NN)ccc1Cl)c1ccccc1F. The number of hydrogen-bond donors (Lipinski definition) is 2. The van der Waals surface area contributed by atoms with E-state index in [1.165, 1.54) is 6.07 Å². The van der Waals surface area contributed by atoms with Crippen LogP contribution in [0.3, 0.4) is 0 Å². The van der Waals surface area contributed by atoms with Crippen LogP contribution in [0, 0.1) is 5.82 Å². The lowest BCUT2D eigenvalue weighted by molar-refractivity contribution is 0.617. The van der Waals surface area contributed by atoms with Gasteiger partial charge in [-0.15, -0.1) is 0 Å². The molecule has 0 radical (unpaired) electrons. The largest absolute Gasteiger partial charge is 0.363 e. The molecule has 2 aromatic rings. The van der Waals surface area contributed by atoms with Crippen molar-refractivity contribution in [2.45, 2.75) is 13.5 Å². The Morgan fingerprint density at radius 3 is 2.70 bits per heavy atom. The number of rotatable bonds is 5. The molecule has 0 atom stereocenters. The molecule has 0 aliphatic rings. The van der Waals surface area contributed by atoms with E-state index in [0.29, 0.717) is 35.3 Å². The van der Waals surface area contributed by atoms with Crippen LogP contribution in [-0.4, -0.2) is 11.5 Å². The van der Waals surface area contributed by atoms with E-state index in [0.717, 1.165) is 0 Å². The molecule has 0 bridgehead atoms. The Morgan fingerprint density at radius 2 is 2.05 bits per heavy atom. The second-order valence-electron chi connectivity index (χ2n) is 4.23. The standard InChI is InChI=1S/C14H16ClFN4/c1-2-20(13-6-4-3-5-11(13)16)9-12-10(15)7-8-14(18-12)19-17/h3-8H,2,9,17H2,1H3,(H,18,19). The molecule has 0 aliphatic heterocycles. The Hall–Kier alpha value is -1.85. The van der Waals surface area contributed by atoms with E-state index in [9.17, 15) is 4.39 Å². The summed E-state index contributed by atoms with van der Waals surface area (Å²) in [6.07, 6.45) is 0. The van der Waals surface area contributed by atoms with Gasteiger partial charge in [-0.05, 0) is 31.2 Å². The van der Waals surface area contributed by atoms with Crippen LogP contribution in [0.5, 0.6) is 0 Å². The first-order valence-corrected chi connectivity index (χ1v) is 6.65. The topological polar surface area (TPSA) is 54.2 Å². The quantitative estimate of drug-likeness (QED) is 0.657. The lowest BCUT2D eigenvalue weighted by Gasteiger charge is -2.23. The van der Waals surface area contributed by atoms with Crippen LogP contribution in [0.1, 0.15) is 12.6 Å². The highest BCUT2D eigenvalue weighted by Gasteiger charge is 2.13. The Kier molecular flexibility index (Phi) is 4.76. The van der Waals surface area contributed by atoms with Gasteiger partial charge in [-0.25, -0.2) is 15.2 Å². The average Bonchev–Trinajstić information content (AvgIpc) is 2.47. The number of nitrogens with one attached hydrogen (secondary N) is 1. The maximum absolute atomic E-state index is 13.8. The number of nitrogen functional groups attached to an aromatic ring is 1. The first-order chi connectivity index (χ1) is 9.65. The second kappa shape index (κ2) is 6.54. The summed E-state index contributed by atoms with van der Waals surface area (Å²) in [6, 6.07) is 10.0. The van der Waals surface area contributed by atoms with E-state index in [1.807, 2.05) is 11.8 Å². The Morgan fingerprint density at radius 1 is 1.30 bits per heavy atom. The van der Waals surface area contributed by atoms with E-state index in [2.05, 4.69) is 10.4 Å². The van der Waals surface area contributed by atoms with Gasteiger partial charge in [0.25, 0.3) is 0 Å². The number of hydrazine groups is 1. The minimum absolute atomic E-state index is 0.265. The summed E-state index contributed by atoms with van der Waals surface area (Å²) in [5.41, 5.74) is 3.65. The number of para-hydroxylation sites is 1. The maximum Gasteiger partial charge on any atom is 0.146 e. The van der Waals surface area contributed by atoms with Crippen molar-refractivity contribution < 1.29 is 4.39 Å². The highest BCUT2D eigenvalue weighted by Crippen LogP contribution is 2.23. The van der Waals surface area contributed by atoms with Crippen molar-refractivity contribution >= 4 is 23.1 Å². The van der Waals surface area contributed by atoms with Crippen molar-refractivity contribution in [1.82, 2.24) is 4.98 Å². The normalized spacial score (nSPS) is 10.4. The number of nitrogens with two attached hydrogens (primary N) is 1. The number of halogens is 2. The molecule has 4 nitrogen and oxygen atoms in total. The molecule has 0 aliphatic carbocycles. The molecule has 0 amide bonds. The van der Waals surface area contributed by atoms with Crippen LogP contribution < -0.4 is 16.2 Å². The fourth-order valence-electron chi connectivity index (χ4n) is 1.93. The molecule has 0 unspecified atom stereocenters. The van der Waals surface area contributed by atoms with E-state index in [-0.39, 0.29) is 5.82 Å². The lowest BCUT2D eigenvalue weighted by atomic mass is 10.2. The molecule has 0 saturated carbocycles. The number of pyridine rings is 1. The molecule has 0 saturated heterocycles. The first kappa shape index (κ1) is 14.6. The molecule has 3 N–H and O–H groups in total. The third kappa shape index (κ3) is 3.18. The number of anilines is 2. The molecule has 0 fully saturated rings. The van der Waals surface area contributed by atoms with Gasteiger partial charge in [-0.3, -0.25) is 0 Å². The molecule has 0 spiro atoms. The van der Waals surface area contributed by atoms with Gasteiger partial charge >= 0.3 is 0 Å². The molecular formula is C14H16ClFN4. The van der Waals surface area contributed by atoms with E-state index < -0.39 is 0 Å². The Labute approximate surface area is 122 Å². The highest BCUT2D eigenvalue weighted by atomic mass is 35.5. The summed E-state index contributed by atoms with van der Waals surface area (Å²) in [5.74, 6) is 5.60. The van der Waals surface area contributed by atoms with Gasteiger partial charge in [-0.1, -0.05) is 23.7 Å². The smallest absolute Gasteiger partial charge is 0.146 e. The van der Waals surface area contributed by atoms with Crippen LogP contribution in [0.4, 0.5) is 15.9 Å². The third-order valence-corrected chi connectivity index (χ3v) is 3.33. The summed E-state index contributed by atoms with van der Waals surface area (Å²) in [6.45, 7) is 3.00. The summed E-state index contributed by atoms with van der Waals surface area (Å²) in [7, 11) is 0. The average molecular weight is 295 g/mol. The maximum atomic E-state index is 13.8. The summed E-state index contributed by atoms with van der Waals surface area (Å²) in [5, 5.41) is 0.527. The van der Waals surface area contributed by atoms with Gasteiger partial charge in [-0.2, -0.15) is 0 Å². The van der Waals surface area contributed by atoms with Gasteiger partial charge in [0.2, 0.25) is 0 Å². The molecule has 6 heteroatoms. The lowest BCUT2D eigenvalue weighted by Crippen LogP contribution is -2.24. The molecule has 1 heterocycles. The minimum Gasteiger partial charge on any atom is -0.363 e. The van der Waals surface area contributed by atoms with Crippen LogP contribution >= 0.6 is 11.6 Å². The zero-order valence-electron chi connectivity index (χ0n) is 11.1. The monoisotopic (exact) mass is 294 g/mol. The Balaban J connectivity index is 2.29. The van der Waals surface area contributed by atoms with Gasteiger partial charge < -0.3 is 10.3 Å². The zero-order chi connectivity index (χ0) is 14.5. The van der Waals surface area contributed by atoms with Gasteiger partial charge in [0.05, 0.1) is 22.9 Å². The van der Waals surface area contributed by atoms with E-state index in [1.54, 1.807) is 30.3 Å². The third-order valence-electron chi connectivity index (χ3n) is 2.98. The molecule has 20 heavy (non-hydrogen) atoms. The predicted molar refractivity (Wildman–Crippen MR) is 80.2 cm³/mol. The minimum atomic E-state index is -0.265. The fraction of sp³-hybridized carbons (Fsp3) is 0.214. The van der Waals surface area contributed by atoms with E-state index >= 15 is 0 Å². The van der Waals surface area contributed by atoms with Crippen molar-refractivity contribution in [2.24, 2.45) is 5.84 Å². The number of hydrogen-bond acceptors (Lipinski definition) is 4. The van der Waals surface area contributed by atoms with Crippen molar-refractivity contribution in [2.75, 3.05) is 16.9 Å². The number of benzene rings is 1. The van der Waals surface area contributed by atoms with Crippen LogP contribution in [0.15, 0.2) is 36.4 Å².